The third-order valence-electron chi connectivity index (χ3n) is 11.3. The fourth-order valence-corrected chi connectivity index (χ4v) is 8.72. The molecule has 0 atom stereocenters. The zero-order chi connectivity index (χ0) is 35.3. The van der Waals surface area contributed by atoms with Gasteiger partial charge in [-0.15, -0.1) is 0 Å². The lowest BCUT2D eigenvalue weighted by atomic mass is 9.83. The summed E-state index contributed by atoms with van der Waals surface area (Å²) in [7, 11) is 0. The first-order valence-electron chi connectivity index (χ1n) is 18.3. The summed E-state index contributed by atoms with van der Waals surface area (Å²) in [5, 5.41) is 4.95. The SMILES string of the molecule is CC1(C)c2ccc(-c3ccc4c5ccccc5n(-c5ccccc5)c4c3)nc2-c2nc(-c3ccc4c5ccccc5n(-c5ccccc5)c4c3)ccc21. The van der Waals surface area contributed by atoms with E-state index >= 15 is 0 Å². The first-order valence-corrected chi connectivity index (χ1v) is 18.3. The predicted molar refractivity (Wildman–Crippen MR) is 219 cm³/mol. The van der Waals surface area contributed by atoms with E-state index in [0.717, 1.165) is 45.3 Å². The molecule has 4 nitrogen and oxygen atoms in total. The van der Waals surface area contributed by atoms with Crippen LogP contribution in [0, 0.1) is 0 Å². The molecule has 1 aliphatic carbocycles. The quantitative estimate of drug-likeness (QED) is 0.186. The monoisotopic (exact) mass is 678 g/mol. The normalized spacial score (nSPS) is 13.2. The van der Waals surface area contributed by atoms with Gasteiger partial charge in [0.25, 0.3) is 0 Å². The maximum absolute atomic E-state index is 5.42. The van der Waals surface area contributed by atoms with Crippen molar-refractivity contribution in [3.05, 3.63) is 181 Å². The molecule has 0 radical (unpaired) electrons. The molecule has 0 N–H and O–H groups in total. The van der Waals surface area contributed by atoms with Crippen LogP contribution in [0.1, 0.15) is 25.0 Å². The van der Waals surface area contributed by atoms with Crippen molar-refractivity contribution < 1.29 is 0 Å². The predicted octanol–water partition coefficient (Wildman–Crippen LogP) is 12.3. The van der Waals surface area contributed by atoms with Crippen molar-refractivity contribution in [2.75, 3.05) is 0 Å². The molecule has 0 fully saturated rings. The van der Waals surface area contributed by atoms with E-state index in [1.54, 1.807) is 0 Å². The van der Waals surface area contributed by atoms with E-state index in [1.165, 1.54) is 54.7 Å². The lowest BCUT2D eigenvalue weighted by molar-refractivity contribution is 0.658. The van der Waals surface area contributed by atoms with E-state index in [4.69, 9.17) is 9.97 Å². The molecule has 0 amide bonds. The molecule has 11 rings (SSSR count). The highest BCUT2D eigenvalue weighted by Gasteiger charge is 2.38. The molecule has 0 spiro atoms. The molecule has 6 aromatic carbocycles. The van der Waals surface area contributed by atoms with Gasteiger partial charge in [-0.05, 0) is 71.8 Å². The molecule has 4 heteroatoms. The molecule has 1 aliphatic rings. The fraction of sp³-hybridized carbons (Fsp3) is 0.0612. The van der Waals surface area contributed by atoms with Gasteiger partial charge in [-0.2, -0.15) is 0 Å². The summed E-state index contributed by atoms with van der Waals surface area (Å²) in [6.07, 6.45) is 0. The summed E-state index contributed by atoms with van der Waals surface area (Å²) in [5.74, 6) is 0. The summed E-state index contributed by atoms with van der Waals surface area (Å²) in [4.78, 5) is 10.8. The fourth-order valence-electron chi connectivity index (χ4n) is 8.72. The number of hydrogen-bond acceptors (Lipinski definition) is 2. The van der Waals surface area contributed by atoms with Gasteiger partial charge in [0.05, 0.1) is 44.8 Å². The highest BCUT2D eigenvalue weighted by Crippen LogP contribution is 2.48. The standard InChI is InChI=1S/C49H34N4/c1-49(2)39-25-27-41(31-21-23-37-35-17-9-11-19-43(35)52(45(37)29-31)33-13-5-3-6-14-33)50-47(39)48-40(49)26-28-42(51-48)32-22-24-38-36-18-10-12-20-44(36)53(46(38)30-32)34-15-7-4-8-16-34/h3-30H,1-2H3. The van der Waals surface area contributed by atoms with Crippen LogP contribution in [0.3, 0.4) is 0 Å². The molecule has 53 heavy (non-hydrogen) atoms. The number of hydrogen-bond donors (Lipinski definition) is 0. The Morgan fingerprint density at radius 1 is 0.377 bits per heavy atom. The van der Waals surface area contributed by atoms with Crippen molar-refractivity contribution in [2.45, 2.75) is 19.3 Å². The molecule has 4 heterocycles. The minimum atomic E-state index is -0.213. The largest absolute Gasteiger partial charge is 0.309 e. The summed E-state index contributed by atoms with van der Waals surface area (Å²) in [5.41, 5.74) is 15.2. The second-order valence-electron chi connectivity index (χ2n) is 14.7. The molecule has 0 bridgehead atoms. The molecular weight excluding hydrogens is 645 g/mol. The van der Waals surface area contributed by atoms with Crippen LogP contribution in [-0.2, 0) is 5.41 Å². The molecule has 10 aromatic rings. The van der Waals surface area contributed by atoms with E-state index in [2.05, 4.69) is 193 Å². The van der Waals surface area contributed by atoms with Crippen molar-refractivity contribution in [3.8, 4) is 45.3 Å². The number of fused-ring (bicyclic) bond motifs is 9. The van der Waals surface area contributed by atoms with E-state index in [-0.39, 0.29) is 5.41 Å². The van der Waals surface area contributed by atoms with Crippen LogP contribution < -0.4 is 0 Å². The zero-order valence-electron chi connectivity index (χ0n) is 29.5. The Kier molecular flexibility index (Phi) is 6.27. The topological polar surface area (TPSA) is 35.6 Å². The Hall–Kier alpha value is -6.78. The van der Waals surface area contributed by atoms with Gasteiger partial charge in [-0.3, -0.25) is 0 Å². The van der Waals surface area contributed by atoms with Crippen molar-refractivity contribution >= 4 is 43.6 Å². The van der Waals surface area contributed by atoms with Gasteiger partial charge < -0.3 is 9.13 Å². The Bertz CT molecular complexity index is 2870. The van der Waals surface area contributed by atoms with Crippen LogP contribution in [-0.4, -0.2) is 19.1 Å². The minimum absolute atomic E-state index is 0.213. The average Bonchev–Trinajstić information content (AvgIpc) is 3.80. The van der Waals surface area contributed by atoms with Crippen LogP contribution in [0.15, 0.2) is 170 Å². The van der Waals surface area contributed by atoms with Gasteiger partial charge in [0, 0.05) is 49.5 Å². The molecular formula is C49H34N4. The van der Waals surface area contributed by atoms with Gasteiger partial charge in [-0.25, -0.2) is 9.97 Å². The van der Waals surface area contributed by atoms with Gasteiger partial charge in [0.2, 0.25) is 0 Å². The summed E-state index contributed by atoms with van der Waals surface area (Å²) in [6, 6.07) is 61.0. The Morgan fingerprint density at radius 3 is 1.23 bits per heavy atom. The number of nitrogens with zero attached hydrogens (tertiary/aromatic N) is 4. The van der Waals surface area contributed by atoms with Crippen LogP contribution in [0.2, 0.25) is 0 Å². The van der Waals surface area contributed by atoms with Gasteiger partial charge in [0.15, 0.2) is 0 Å². The number of aromatic nitrogens is 4. The van der Waals surface area contributed by atoms with Gasteiger partial charge in [0.1, 0.15) is 0 Å². The highest BCUT2D eigenvalue weighted by atomic mass is 15.0. The molecule has 250 valence electrons. The van der Waals surface area contributed by atoms with Crippen LogP contribution in [0.4, 0.5) is 0 Å². The molecule has 0 aliphatic heterocycles. The molecule has 0 saturated carbocycles. The van der Waals surface area contributed by atoms with Crippen molar-refractivity contribution in [2.24, 2.45) is 0 Å². The molecule has 0 unspecified atom stereocenters. The van der Waals surface area contributed by atoms with Gasteiger partial charge in [-0.1, -0.05) is 123 Å². The van der Waals surface area contributed by atoms with Crippen LogP contribution in [0.25, 0.3) is 88.9 Å². The van der Waals surface area contributed by atoms with Gasteiger partial charge >= 0.3 is 0 Å². The minimum Gasteiger partial charge on any atom is -0.309 e. The molecule has 0 saturated heterocycles. The number of pyridine rings is 2. The summed E-state index contributed by atoms with van der Waals surface area (Å²) >= 11 is 0. The smallest absolute Gasteiger partial charge is 0.0937 e. The van der Waals surface area contributed by atoms with Crippen LogP contribution >= 0.6 is 0 Å². The Morgan fingerprint density at radius 2 is 0.774 bits per heavy atom. The Labute approximate surface area is 307 Å². The second-order valence-corrected chi connectivity index (χ2v) is 14.7. The third kappa shape index (κ3) is 4.36. The number of rotatable bonds is 4. The van der Waals surface area contributed by atoms with E-state index in [1.807, 2.05) is 0 Å². The zero-order valence-corrected chi connectivity index (χ0v) is 29.5. The highest BCUT2D eigenvalue weighted by molar-refractivity contribution is 6.11. The van der Waals surface area contributed by atoms with Crippen molar-refractivity contribution in [3.63, 3.8) is 0 Å². The molecule has 4 aromatic heterocycles. The number of benzene rings is 6. The second kappa shape index (κ2) is 11.1. The summed E-state index contributed by atoms with van der Waals surface area (Å²) in [6.45, 7) is 4.57. The summed E-state index contributed by atoms with van der Waals surface area (Å²) < 4.78 is 4.73. The van der Waals surface area contributed by atoms with E-state index < -0.39 is 0 Å². The Balaban J connectivity index is 1.06. The first-order chi connectivity index (χ1) is 26.0. The lowest BCUT2D eigenvalue weighted by Gasteiger charge is -2.20. The maximum atomic E-state index is 5.42. The first kappa shape index (κ1) is 29.9. The third-order valence-corrected chi connectivity index (χ3v) is 11.3. The van der Waals surface area contributed by atoms with E-state index in [9.17, 15) is 0 Å². The number of para-hydroxylation sites is 4. The van der Waals surface area contributed by atoms with Crippen molar-refractivity contribution in [1.82, 2.24) is 19.1 Å². The van der Waals surface area contributed by atoms with Crippen LogP contribution in [0.5, 0.6) is 0 Å². The maximum Gasteiger partial charge on any atom is 0.0937 e. The van der Waals surface area contributed by atoms with E-state index in [0.29, 0.717) is 0 Å². The van der Waals surface area contributed by atoms with Crippen molar-refractivity contribution in [1.29, 1.82) is 0 Å². The average molecular weight is 679 g/mol. The lowest BCUT2D eigenvalue weighted by Crippen LogP contribution is -2.15.